The van der Waals surface area contributed by atoms with Crippen molar-refractivity contribution in [1.82, 2.24) is 9.97 Å². The van der Waals surface area contributed by atoms with Gasteiger partial charge in [-0.15, -0.1) is 13.2 Å². The third-order valence-corrected chi connectivity index (χ3v) is 2.14. The van der Waals surface area contributed by atoms with Gasteiger partial charge in [-0.3, -0.25) is 0 Å². The van der Waals surface area contributed by atoms with E-state index in [-0.39, 0.29) is 5.75 Å². The van der Waals surface area contributed by atoms with Crippen molar-refractivity contribution in [2.75, 3.05) is 0 Å². The summed E-state index contributed by atoms with van der Waals surface area (Å²) in [5.74, 6) is 0.201. The predicted molar refractivity (Wildman–Crippen MR) is 58.9 cm³/mol. The van der Waals surface area contributed by atoms with E-state index in [9.17, 15) is 13.2 Å². The summed E-state index contributed by atoms with van der Waals surface area (Å²) in [4.78, 5) is 8.21. The predicted octanol–water partition coefficient (Wildman–Crippen LogP) is 3.35. The maximum atomic E-state index is 12.0. The molecule has 18 heavy (non-hydrogen) atoms. The van der Waals surface area contributed by atoms with Crippen molar-refractivity contribution in [3.05, 3.63) is 42.2 Å². The SMILES string of the molecule is Cc1ccnc(-c2ccc(OC(F)(F)F)cc2)n1. The number of nitrogens with zero attached hydrogens (tertiary/aromatic N) is 2. The summed E-state index contributed by atoms with van der Waals surface area (Å²) >= 11 is 0. The molecule has 6 heteroatoms. The van der Waals surface area contributed by atoms with Gasteiger partial charge >= 0.3 is 6.36 Å². The second kappa shape index (κ2) is 4.64. The van der Waals surface area contributed by atoms with E-state index in [0.29, 0.717) is 11.4 Å². The molecule has 0 bridgehead atoms. The molecule has 94 valence electrons. The number of rotatable bonds is 2. The molecule has 0 atom stereocenters. The topological polar surface area (TPSA) is 35.0 Å². The molecule has 0 aliphatic rings. The van der Waals surface area contributed by atoms with E-state index in [0.717, 1.165) is 5.69 Å². The van der Waals surface area contributed by atoms with Crippen molar-refractivity contribution >= 4 is 0 Å². The Morgan fingerprint density at radius 1 is 1.06 bits per heavy atom. The smallest absolute Gasteiger partial charge is 0.406 e. The van der Waals surface area contributed by atoms with Gasteiger partial charge < -0.3 is 4.74 Å². The van der Waals surface area contributed by atoms with E-state index in [1.54, 1.807) is 12.3 Å². The first-order valence-corrected chi connectivity index (χ1v) is 5.10. The van der Waals surface area contributed by atoms with Gasteiger partial charge in [0.15, 0.2) is 5.82 Å². The van der Waals surface area contributed by atoms with Gasteiger partial charge in [0.25, 0.3) is 0 Å². The lowest BCUT2D eigenvalue weighted by Gasteiger charge is -2.08. The number of aryl methyl sites for hydroxylation is 1. The van der Waals surface area contributed by atoms with Crippen LogP contribution in [0.4, 0.5) is 13.2 Å². The van der Waals surface area contributed by atoms with Crippen LogP contribution in [-0.4, -0.2) is 16.3 Å². The lowest BCUT2D eigenvalue weighted by molar-refractivity contribution is -0.274. The van der Waals surface area contributed by atoms with E-state index in [1.807, 2.05) is 6.92 Å². The van der Waals surface area contributed by atoms with Crippen molar-refractivity contribution in [2.24, 2.45) is 0 Å². The van der Waals surface area contributed by atoms with Gasteiger partial charge in [0.2, 0.25) is 0 Å². The van der Waals surface area contributed by atoms with Crippen LogP contribution >= 0.6 is 0 Å². The summed E-state index contributed by atoms with van der Waals surface area (Å²) in [7, 11) is 0. The summed E-state index contributed by atoms with van der Waals surface area (Å²) < 4.78 is 39.7. The normalized spacial score (nSPS) is 11.3. The fourth-order valence-electron chi connectivity index (χ4n) is 1.39. The molecule has 3 nitrogen and oxygen atoms in total. The van der Waals surface area contributed by atoms with Gasteiger partial charge in [-0.05, 0) is 37.3 Å². The zero-order chi connectivity index (χ0) is 13.2. The van der Waals surface area contributed by atoms with E-state index >= 15 is 0 Å². The zero-order valence-corrected chi connectivity index (χ0v) is 9.40. The highest BCUT2D eigenvalue weighted by Gasteiger charge is 2.30. The van der Waals surface area contributed by atoms with Crippen LogP contribution in [0.25, 0.3) is 11.4 Å². The summed E-state index contributed by atoms with van der Waals surface area (Å²) in [5.41, 5.74) is 1.42. The summed E-state index contributed by atoms with van der Waals surface area (Å²) in [6, 6.07) is 7.17. The van der Waals surface area contributed by atoms with Gasteiger partial charge in [-0.25, -0.2) is 9.97 Å². The quantitative estimate of drug-likeness (QED) is 0.824. The Bertz CT molecular complexity index is 538. The number of halogens is 3. The van der Waals surface area contributed by atoms with Crippen LogP contribution in [0.2, 0.25) is 0 Å². The van der Waals surface area contributed by atoms with E-state index in [2.05, 4.69) is 14.7 Å². The monoisotopic (exact) mass is 254 g/mol. The van der Waals surface area contributed by atoms with Gasteiger partial charge in [-0.2, -0.15) is 0 Å². The maximum absolute atomic E-state index is 12.0. The molecule has 2 rings (SSSR count). The standard InChI is InChI=1S/C12H9F3N2O/c1-8-6-7-16-11(17-8)9-2-4-10(5-3-9)18-12(13,14)15/h2-7H,1H3. The molecule has 2 aromatic rings. The molecule has 0 radical (unpaired) electrons. The number of alkyl halides is 3. The van der Waals surface area contributed by atoms with Gasteiger partial charge in [-0.1, -0.05) is 0 Å². The molecule has 0 saturated carbocycles. The van der Waals surface area contributed by atoms with Crippen LogP contribution in [0.3, 0.4) is 0 Å². The van der Waals surface area contributed by atoms with Crippen molar-refractivity contribution in [3.8, 4) is 17.1 Å². The molecule has 1 heterocycles. The molecular weight excluding hydrogens is 245 g/mol. The summed E-state index contributed by atoms with van der Waals surface area (Å²) in [6.07, 6.45) is -3.08. The molecule has 0 aliphatic carbocycles. The molecule has 1 aromatic carbocycles. The molecule has 0 saturated heterocycles. The maximum Gasteiger partial charge on any atom is 0.573 e. The van der Waals surface area contributed by atoms with Crippen LogP contribution in [0.5, 0.6) is 5.75 Å². The van der Waals surface area contributed by atoms with Crippen molar-refractivity contribution < 1.29 is 17.9 Å². The number of benzene rings is 1. The minimum atomic E-state index is -4.68. The first kappa shape index (κ1) is 12.3. The summed E-state index contributed by atoms with van der Waals surface area (Å²) in [6.45, 7) is 1.81. The van der Waals surface area contributed by atoms with Gasteiger partial charge in [0.05, 0.1) is 0 Å². The van der Waals surface area contributed by atoms with Crippen LogP contribution in [0.1, 0.15) is 5.69 Å². The zero-order valence-electron chi connectivity index (χ0n) is 9.40. The molecule has 0 aliphatic heterocycles. The van der Waals surface area contributed by atoms with Crippen LogP contribution in [-0.2, 0) is 0 Å². The van der Waals surface area contributed by atoms with Crippen LogP contribution < -0.4 is 4.74 Å². The third-order valence-electron chi connectivity index (χ3n) is 2.14. The van der Waals surface area contributed by atoms with Gasteiger partial charge in [0.1, 0.15) is 5.75 Å². The highest BCUT2D eigenvalue weighted by molar-refractivity contribution is 5.56. The van der Waals surface area contributed by atoms with E-state index in [1.165, 1.54) is 24.3 Å². The molecule has 0 fully saturated rings. The highest BCUT2D eigenvalue weighted by Crippen LogP contribution is 2.25. The minimum Gasteiger partial charge on any atom is -0.406 e. The lowest BCUT2D eigenvalue weighted by Crippen LogP contribution is -2.16. The molecule has 0 unspecified atom stereocenters. The Morgan fingerprint density at radius 3 is 2.28 bits per heavy atom. The van der Waals surface area contributed by atoms with Crippen LogP contribution in [0, 0.1) is 6.92 Å². The van der Waals surface area contributed by atoms with E-state index in [4.69, 9.17) is 0 Å². The molecule has 0 spiro atoms. The first-order valence-electron chi connectivity index (χ1n) is 5.10. The molecule has 1 aromatic heterocycles. The van der Waals surface area contributed by atoms with Crippen molar-refractivity contribution in [3.63, 3.8) is 0 Å². The Morgan fingerprint density at radius 2 is 1.72 bits per heavy atom. The Labute approximate surface area is 101 Å². The van der Waals surface area contributed by atoms with Crippen molar-refractivity contribution in [2.45, 2.75) is 13.3 Å². The Kier molecular flexibility index (Phi) is 3.18. The van der Waals surface area contributed by atoms with Crippen LogP contribution in [0.15, 0.2) is 36.5 Å². The van der Waals surface area contributed by atoms with Crippen molar-refractivity contribution in [1.29, 1.82) is 0 Å². The minimum absolute atomic E-state index is 0.265. The average Bonchev–Trinajstić information content (AvgIpc) is 2.28. The van der Waals surface area contributed by atoms with E-state index < -0.39 is 6.36 Å². The number of aromatic nitrogens is 2. The number of hydrogen-bond donors (Lipinski definition) is 0. The second-order valence-electron chi connectivity index (χ2n) is 3.59. The molecule has 0 N–H and O–H groups in total. The van der Waals surface area contributed by atoms with Gasteiger partial charge in [0, 0.05) is 17.5 Å². The Hall–Kier alpha value is -2.11. The highest BCUT2D eigenvalue weighted by atomic mass is 19.4. The Balaban J connectivity index is 2.22. The largest absolute Gasteiger partial charge is 0.573 e. The number of ether oxygens (including phenoxy) is 1. The fourth-order valence-corrected chi connectivity index (χ4v) is 1.39. The molecular formula is C12H9F3N2O. The lowest BCUT2D eigenvalue weighted by atomic mass is 10.2. The average molecular weight is 254 g/mol. The summed E-state index contributed by atoms with van der Waals surface area (Å²) in [5, 5.41) is 0. The second-order valence-corrected chi connectivity index (χ2v) is 3.59. The molecule has 0 amide bonds. The fraction of sp³-hybridized carbons (Fsp3) is 0.167. The number of hydrogen-bond acceptors (Lipinski definition) is 3. The third kappa shape index (κ3) is 3.19. The first-order chi connectivity index (χ1) is 8.44.